The Morgan fingerprint density at radius 1 is 1.25 bits per heavy atom. The molecular formula is C15H20O4S. The average Bonchev–Trinajstić information content (AvgIpc) is 3.15. The van der Waals surface area contributed by atoms with Crippen molar-refractivity contribution >= 4 is 9.84 Å². The highest BCUT2D eigenvalue weighted by molar-refractivity contribution is 7.94. The molecule has 5 heteroatoms. The van der Waals surface area contributed by atoms with Crippen LogP contribution in [0.4, 0.5) is 0 Å². The first-order chi connectivity index (χ1) is 9.34. The molecule has 110 valence electrons. The van der Waals surface area contributed by atoms with Crippen LogP contribution in [0.25, 0.3) is 0 Å². The number of hydrogen-bond acceptors (Lipinski definition) is 4. The standard InChI is InChI=1S/C15H20O4S/c1-15(2,18-3)19-14-11-12(14)9-10-20(16,17)13-7-5-4-6-8-13/h4-10,12,14H,11H2,1-3H3/b10-9+/t12-,14+/m0/s1. The molecule has 0 unspecified atom stereocenters. The average molecular weight is 296 g/mol. The fraction of sp³-hybridized carbons (Fsp3) is 0.467. The van der Waals surface area contributed by atoms with Gasteiger partial charge in [-0.25, -0.2) is 8.42 Å². The Morgan fingerprint density at radius 3 is 2.50 bits per heavy atom. The number of ether oxygens (including phenoxy) is 2. The van der Waals surface area contributed by atoms with Gasteiger partial charge in [-0.2, -0.15) is 0 Å². The summed E-state index contributed by atoms with van der Waals surface area (Å²) < 4.78 is 35.0. The predicted molar refractivity (Wildman–Crippen MR) is 76.8 cm³/mol. The fourth-order valence-corrected chi connectivity index (χ4v) is 2.94. The van der Waals surface area contributed by atoms with Gasteiger partial charge in [0.05, 0.1) is 11.0 Å². The first kappa shape index (κ1) is 15.2. The summed E-state index contributed by atoms with van der Waals surface area (Å²) in [6, 6.07) is 8.40. The largest absolute Gasteiger partial charge is 0.354 e. The van der Waals surface area contributed by atoms with Crippen molar-refractivity contribution in [3.05, 3.63) is 41.8 Å². The molecule has 0 N–H and O–H groups in total. The van der Waals surface area contributed by atoms with Gasteiger partial charge in [0.1, 0.15) is 0 Å². The molecule has 2 atom stereocenters. The van der Waals surface area contributed by atoms with Crippen molar-refractivity contribution in [1.29, 1.82) is 0 Å². The van der Waals surface area contributed by atoms with Gasteiger partial charge in [-0.15, -0.1) is 0 Å². The van der Waals surface area contributed by atoms with Crippen LogP contribution in [0.2, 0.25) is 0 Å². The number of sulfone groups is 1. The summed E-state index contributed by atoms with van der Waals surface area (Å²) in [6.07, 6.45) is 2.57. The molecule has 1 fully saturated rings. The smallest absolute Gasteiger partial charge is 0.199 e. The highest BCUT2D eigenvalue weighted by Gasteiger charge is 2.40. The van der Waals surface area contributed by atoms with Gasteiger partial charge in [0.25, 0.3) is 0 Å². The minimum absolute atomic E-state index is 0.0344. The van der Waals surface area contributed by atoms with Crippen LogP contribution in [0.5, 0.6) is 0 Å². The minimum Gasteiger partial charge on any atom is -0.354 e. The molecule has 1 saturated carbocycles. The highest BCUT2D eigenvalue weighted by atomic mass is 32.2. The third kappa shape index (κ3) is 3.91. The maximum atomic E-state index is 12.1. The summed E-state index contributed by atoms with van der Waals surface area (Å²) in [5, 5.41) is 1.27. The highest BCUT2D eigenvalue weighted by Crippen LogP contribution is 2.38. The summed E-state index contributed by atoms with van der Waals surface area (Å²) in [7, 11) is -1.77. The lowest BCUT2D eigenvalue weighted by molar-refractivity contribution is -0.205. The molecule has 1 aromatic carbocycles. The van der Waals surface area contributed by atoms with E-state index in [0.29, 0.717) is 4.90 Å². The first-order valence-electron chi connectivity index (χ1n) is 6.55. The third-order valence-corrected chi connectivity index (χ3v) is 4.73. The predicted octanol–water partition coefficient (Wildman–Crippen LogP) is 2.76. The zero-order valence-electron chi connectivity index (χ0n) is 11.9. The number of benzene rings is 1. The number of rotatable bonds is 6. The van der Waals surface area contributed by atoms with Crippen LogP contribution >= 0.6 is 0 Å². The van der Waals surface area contributed by atoms with Gasteiger partial charge in [-0.05, 0) is 32.4 Å². The van der Waals surface area contributed by atoms with Crippen molar-refractivity contribution in [3.8, 4) is 0 Å². The molecular weight excluding hydrogens is 276 g/mol. The summed E-state index contributed by atoms with van der Waals surface area (Å²) in [4.78, 5) is 0.312. The molecule has 1 aromatic rings. The molecule has 0 aromatic heterocycles. The van der Waals surface area contributed by atoms with E-state index in [9.17, 15) is 8.42 Å². The molecule has 0 radical (unpaired) electrons. The van der Waals surface area contributed by atoms with E-state index in [-0.39, 0.29) is 12.0 Å². The monoisotopic (exact) mass is 296 g/mol. The first-order valence-corrected chi connectivity index (χ1v) is 8.10. The van der Waals surface area contributed by atoms with Gasteiger partial charge in [0.15, 0.2) is 15.6 Å². The zero-order valence-corrected chi connectivity index (χ0v) is 12.8. The van der Waals surface area contributed by atoms with Crippen LogP contribution in [-0.2, 0) is 19.3 Å². The Kier molecular flexibility index (Phi) is 4.32. The van der Waals surface area contributed by atoms with Crippen LogP contribution in [-0.4, -0.2) is 27.4 Å². The van der Waals surface area contributed by atoms with Crippen LogP contribution < -0.4 is 0 Å². The molecule has 0 spiro atoms. The summed E-state index contributed by atoms with van der Waals surface area (Å²) in [6.45, 7) is 3.68. The lowest BCUT2D eigenvalue weighted by Gasteiger charge is -2.23. The maximum absolute atomic E-state index is 12.1. The molecule has 1 aliphatic carbocycles. The number of hydrogen-bond donors (Lipinski definition) is 0. The molecule has 0 bridgehead atoms. The summed E-state index contributed by atoms with van der Waals surface area (Å²) >= 11 is 0. The van der Waals surface area contributed by atoms with Gasteiger partial charge in [-0.3, -0.25) is 0 Å². The van der Waals surface area contributed by atoms with Crippen molar-refractivity contribution in [2.75, 3.05) is 7.11 Å². The summed E-state index contributed by atoms with van der Waals surface area (Å²) in [5.74, 6) is -0.492. The third-order valence-electron chi connectivity index (χ3n) is 3.28. The molecule has 20 heavy (non-hydrogen) atoms. The van der Waals surface area contributed by atoms with Crippen molar-refractivity contribution in [3.63, 3.8) is 0 Å². The zero-order chi connectivity index (χ0) is 14.8. The topological polar surface area (TPSA) is 52.6 Å². The van der Waals surface area contributed by atoms with Crippen LogP contribution in [0.15, 0.2) is 46.7 Å². The molecule has 2 rings (SSSR count). The second-order valence-corrected chi connectivity index (χ2v) is 7.18. The van der Waals surface area contributed by atoms with Gasteiger partial charge in [0.2, 0.25) is 0 Å². The molecule has 1 aliphatic rings. The van der Waals surface area contributed by atoms with Crippen LogP contribution in [0.3, 0.4) is 0 Å². The number of methoxy groups -OCH3 is 1. The minimum atomic E-state index is -3.36. The van der Waals surface area contributed by atoms with Crippen LogP contribution in [0, 0.1) is 5.92 Å². The Hall–Kier alpha value is -1.17. The second-order valence-electron chi connectivity index (χ2n) is 5.35. The van der Waals surface area contributed by atoms with Gasteiger partial charge in [0, 0.05) is 18.4 Å². The quantitative estimate of drug-likeness (QED) is 0.757. The molecule has 0 amide bonds. The van der Waals surface area contributed by atoms with E-state index in [4.69, 9.17) is 9.47 Å². The van der Waals surface area contributed by atoms with Gasteiger partial charge in [-0.1, -0.05) is 24.3 Å². The maximum Gasteiger partial charge on any atom is 0.199 e. The lowest BCUT2D eigenvalue weighted by Crippen LogP contribution is -2.28. The second kappa shape index (κ2) is 5.68. The molecule has 4 nitrogen and oxygen atoms in total. The summed E-state index contributed by atoms with van der Waals surface area (Å²) in [5.41, 5.74) is 0. The van der Waals surface area contributed by atoms with Crippen molar-refractivity contribution in [2.45, 2.75) is 37.1 Å². The fourth-order valence-electron chi connectivity index (χ4n) is 1.83. The normalized spacial score (nSPS) is 23.1. The van der Waals surface area contributed by atoms with E-state index < -0.39 is 15.6 Å². The van der Waals surface area contributed by atoms with Crippen LogP contribution in [0.1, 0.15) is 20.3 Å². The Balaban J connectivity index is 1.96. The van der Waals surface area contributed by atoms with Crippen molar-refractivity contribution in [1.82, 2.24) is 0 Å². The van der Waals surface area contributed by atoms with E-state index in [1.165, 1.54) is 5.41 Å². The van der Waals surface area contributed by atoms with Gasteiger partial charge >= 0.3 is 0 Å². The Morgan fingerprint density at radius 2 is 1.90 bits per heavy atom. The van der Waals surface area contributed by atoms with E-state index in [1.807, 2.05) is 13.8 Å². The van der Waals surface area contributed by atoms with Crippen molar-refractivity contribution in [2.24, 2.45) is 5.92 Å². The Bertz CT molecular complexity index is 575. The molecule has 0 saturated heterocycles. The van der Waals surface area contributed by atoms with E-state index in [1.54, 1.807) is 43.5 Å². The SMILES string of the molecule is COC(C)(C)O[C@@H]1C[C@@H]1/C=C/S(=O)(=O)c1ccccc1. The Labute approximate surface area is 120 Å². The van der Waals surface area contributed by atoms with Crippen molar-refractivity contribution < 1.29 is 17.9 Å². The van der Waals surface area contributed by atoms with E-state index in [0.717, 1.165) is 6.42 Å². The molecule has 0 aliphatic heterocycles. The van der Waals surface area contributed by atoms with E-state index in [2.05, 4.69) is 0 Å². The lowest BCUT2D eigenvalue weighted by atomic mass is 10.4. The molecule has 0 heterocycles. The van der Waals surface area contributed by atoms with Gasteiger partial charge < -0.3 is 9.47 Å². The van der Waals surface area contributed by atoms with E-state index >= 15 is 0 Å².